The number of benzene rings is 11. The van der Waals surface area contributed by atoms with Crippen LogP contribution in [0, 0.1) is 0 Å². The summed E-state index contributed by atoms with van der Waals surface area (Å²) in [5.74, 6) is 0. The lowest BCUT2D eigenvalue weighted by Gasteiger charge is -2.20. The average Bonchev–Trinajstić information content (AvgIpc) is 3.65. The van der Waals surface area contributed by atoms with Gasteiger partial charge in [0.05, 0.1) is 0 Å². The number of hydrogen-bond donors (Lipinski definition) is 0. The van der Waals surface area contributed by atoms with Crippen LogP contribution in [0.1, 0.15) is 0 Å². The molecular formula is C54H32O. The molecule has 0 radical (unpaired) electrons. The van der Waals surface area contributed by atoms with Crippen molar-refractivity contribution in [3.63, 3.8) is 0 Å². The first-order chi connectivity index (χ1) is 27.3. The van der Waals surface area contributed by atoms with Crippen molar-refractivity contribution >= 4 is 86.6 Å². The number of furan rings is 1. The molecule has 1 nitrogen and oxygen atoms in total. The van der Waals surface area contributed by atoms with Crippen LogP contribution in [0.2, 0.25) is 0 Å². The summed E-state index contributed by atoms with van der Waals surface area (Å²) in [6.07, 6.45) is 0. The van der Waals surface area contributed by atoms with E-state index in [9.17, 15) is 0 Å². The molecule has 0 atom stereocenters. The normalized spacial score (nSPS) is 12.0. The minimum Gasteiger partial charge on any atom is -0.455 e. The Morgan fingerprint density at radius 3 is 1.45 bits per heavy atom. The highest BCUT2D eigenvalue weighted by Gasteiger charge is 2.21. The summed E-state index contributed by atoms with van der Waals surface area (Å²) in [6, 6.07) is 71.0. The molecule has 0 amide bonds. The fraction of sp³-hybridized carbons (Fsp3) is 0. The van der Waals surface area contributed by atoms with Gasteiger partial charge in [-0.25, -0.2) is 0 Å². The second-order valence-electron chi connectivity index (χ2n) is 14.7. The first kappa shape index (κ1) is 30.3. The number of para-hydroxylation sites is 1. The van der Waals surface area contributed by atoms with Crippen LogP contribution in [0.4, 0.5) is 0 Å². The Balaban J connectivity index is 1.12. The van der Waals surface area contributed by atoms with Gasteiger partial charge in [-0.05, 0) is 111 Å². The fourth-order valence-electron chi connectivity index (χ4n) is 9.49. The molecule has 0 saturated carbocycles. The maximum Gasteiger partial charge on any atom is 0.143 e. The first-order valence-corrected chi connectivity index (χ1v) is 19.0. The van der Waals surface area contributed by atoms with Crippen molar-refractivity contribution in [2.24, 2.45) is 0 Å². The lowest BCUT2D eigenvalue weighted by Crippen LogP contribution is -1.93. The maximum absolute atomic E-state index is 6.58. The predicted octanol–water partition coefficient (Wildman–Crippen LogP) is 15.5. The van der Waals surface area contributed by atoms with Gasteiger partial charge in [0.2, 0.25) is 0 Å². The van der Waals surface area contributed by atoms with Crippen molar-refractivity contribution in [2.75, 3.05) is 0 Å². The Labute approximate surface area is 317 Å². The molecule has 0 bridgehead atoms. The van der Waals surface area contributed by atoms with Gasteiger partial charge in [0, 0.05) is 16.2 Å². The van der Waals surface area contributed by atoms with Crippen LogP contribution in [-0.4, -0.2) is 0 Å². The molecular weight excluding hydrogens is 665 g/mol. The molecule has 0 saturated heterocycles. The Kier molecular flexibility index (Phi) is 6.40. The lowest BCUT2D eigenvalue weighted by molar-refractivity contribution is 0.673. The molecule has 12 aromatic rings. The second kappa shape index (κ2) is 11.6. The van der Waals surface area contributed by atoms with E-state index in [1.54, 1.807) is 0 Å². The molecule has 0 N–H and O–H groups in total. The van der Waals surface area contributed by atoms with Crippen molar-refractivity contribution in [1.29, 1.82) is 0 Å². The Morgan fingerprint density at radius 1 is 0.273 bits per heavy atom. The van der Waals surface area contributed by atoms with Crippen molar-refractivity contribution in [2.45, 2.75) is 0 Å². The van der Waals surface area contributed by atoms with Crippen LogP contribution in [0.5, 0.6) is 0 Å². The molecule has 12 rings (SSSR count). The molecule has 1 heterocycles. The van der Waals surface area contributed by atoms with E-state index < -0.39 is 0 Å². The van der Waals surface area contributed by atoms with E-state index in [2.05, 4.69) is 188 Å². The van der Waals surface area contributed by atoms with Gasteiger partial charge in [-0.1, -0.05) is 176 Å². The zero-order valence-electron chi connectivity index (χ0n) is 29.9. The Bertz CT molecular complexity index is 3490. The van der Waals surface area contributed by atoms with Gasteiger partial charge in [0.1, 0.15) is 11.2 Å². The smallest absolute Gasteiger partial charge is 0.143 e. The summed E-state index contributed by atoms with van der Waals surface area (Å²) in [7, 11) is 0. The Morgan fingerprint density at radius 2 is 0.764 bits per heavy atom. The van der Waals surface area contributed by atoms with Gasteiger partial charge >= 0.3 is 0 Å². The molecule has 55 heavy (non-hydrogen) atoms. The summed E-state index contributed by atoms with van der Waals surface area (Å²) in [5, 5.41) is 17.2. The highest BCUT2D eigenvalue weighted by atomic mass is 16.3. The van der Waals surface area contributed by atoms with E-state index in [1.165, 1.54) is 98.0 Å². The van der Waals surface area contributed by atoms with Gasteiger partial charge < -0.3 is 4.42 Å². The van der Waals surface area contributed by atoms with Crippen molar-refractivity contribution in [3.8, 4) is 33.4 Å². The van der Waals surface area contributed by atoms with Crippen molar-refractivity contribution in [1.82, 2.24) is 0 Å². The van der Waals surface area contributed by atoms with Crippen LogP contribution in [0.15, 0.2) is 199 Å². The molecule has 0 aliphatic heterocycles. The zero-order valence-corrected chi connectivity index (χ0v) is 29.9. The fourth-order valence-corrected chi connectivity index (χ4v) is 9.49. The van der Waals surface area contributed by atoms with Gasteiger partial charge in [-0.2, -0.15) is 0 Å². The zero-order chi connectivity index (χ0) is 36.0. The molecule has 0 unspecified atom stereocenters. The molecule has 0 fully saturated rings. The van der Waals surface area contributed by atoms with E-state index in [0.29, 0.717) is 0 Å². The minimum absolute atomic E-state index is 0.922. The minimum atomic E-state index is 0.922. The van der Waals surface area contributed by atoms with Gasteiger partial charge in [0.15, 0.2) is 0 Å². The molecule has 0 aliphatic rings. The third-order valence-electron chi connectivity index (χ3n) is 11.8. The largest absolute Gasteiger partial charge is 0.455 e. The van der Waals surface area contributed by atoms with Crippen LogP contribution in [-0.2, 0) is 0 Å². The molecule has 0 aliphatic carbocycles. The highest BCUT2D eigenvalue weighted by molar-refractivity contribution is 6.31. The summed E-state index contributed by atoms with van der Waals surface area (Å²) >= 11 is 0. The van der Waals surface area contributed by atoms with E-state index in [-0.39, 0.29) is 0 Å². The van der Waals surface area contributed by atoms with Gasteiger partial charge in [-0.3, -0.25) is 0 Å². The lowest BCUT2D eigenvalue weighted by atomic mass is 9.83. The average molecular weight is 697 g/mol. The molecule has 1 aromatic heterocycles. The topological polar surface area (TPSA) is 13.1 Å². The first-order valence-electron chi connectivity index (χ1n) is 19.0. The summed E-state index contributed by atoms with van der Waals surface area (Å²) < 4.78 is 6.58. The summed E-state index contributed by atoms with van der Waals surface area (Å²) in [5.41, 5.74) is 9.35. The summed E-state index contributed by atoms with van der Waals surface area (Å²) in [6.45, 7) is 0. The molecule has 0 spiro atoms. The SMILES string of the molecule is c1ccc2c(-c3c4ccccc4c(-c4ccc(-c5ccc6c(c5)c5ccccc5c5c7ccccc7oc65)c5ccccc45)c4ccccc34)cccc2c1. The van der Waals surface area contributed by atoms with Crippen molar-refractivity contribution < 1.29 is 4.42 Å². The van der Waals surface area contributed by atoms with Crippen LogP contribution in [0.25, 0.3) is 120 Å². The van der Waals surface area contributed by atoms with Crippen LogP contribution >= 0.6 is 0 Å². The quantitative estimate of drug-likeness (QED) is 0.132. The van der Waals surface area contributed by atoms with Crippen molar-refractivity contribution in [3.05, 3.63) is 194 Å². The van der Waals surface area contributed by atoms with E-state index in [1.807, 2.05) is 6.07 Å². The number of rotatable bonds is 3. The van der Waals surface area contributed by atoms with Gasteiger partial charge in [-0.15, -0.1) is 0 Å². The van der Waals surface area contributed by atoms with Gasteiger partial charge in [0.25, 0.3) is 0 Å². The third kappa shape index (κ3) is 4.35. The molecule has 11 aromatic carbocycles. The van der Waals surface area contributed by atoms with Crippen LogP contribution in [0.3, 0.4) is 0 Å². The van der Waals surface area contributed by atoms with Crippen LogP contribution < -0.4 is 0 Å². The third-order valence-corrected chi connectivity index (χ3v) is 11.8. The predicted molar refractivity (Wildman–Crippen MR) is 235 cm³/mol. The molecule has 1 heteroatoms. The maximum atomic E-state index is 6.58. The highest BCUT2D eigenvalue weighted by Crippen LogP contribution is 2.48. The molecule has 254 valence electrons. The standard InChI is InChI=1S/C54H32O/c1-2-16-35-33(14-1)15-13-26-40(35)51-42-21-7-9-23-44(42)52(45-24-10-8-22-43(45)51)46-31-30-36(37-17-3-4-18-38(37)46)34-28-29-47-49(32-34)39-19-5-6-20-41(39)53-48-25-11-12-27-50(48)55-54(47)53/h1-32H. The Hall–Kier alpha value is -7.22. The second-order valence-corrected chi connectivity index (χ2v) is 14.7. The van der Waals surface area contributed by atoms with E-state index >= 15 is 0 Å². The van der Waals surface area contributed by atoms with E-state index in [0.717, 1.165) is 21.9 Å². The summed E-state index contributed by atoms with van der Waals surface area (Å²) in [4.78, 5) is 0. The number of fused-ring (bicyclic) bond motifs is 12. The monoisotopic (exact) mass is 696 g/mol. The number of hydrogen-bond acceptors (Lipinski definition) is 1. The van der Waals surface area contributed by atoms with E-state index in [4.69, 9.17) is 4.42 Å².